The van der Waals surface area contributed by atoms with Gasteiger partial charge in [-0.15, -0.1) is 0 Å². The van der Waals surface area contributed by atoms with Gasteiger partial charge in [0.15, 0.2) is 0 Å². The molecule has 0 aliphatic rings. The van der Waals surface area contributed by atoms with Crippen molar-refractivity contribution in [1.29, 1.82) is 0 Å². The number of nitrogens with zero attached hydrogens (tertiary/aromatic N) is 2. The van der Waals surface area contributed by atoms with Crippen molar-refractivity contribution in [3.63, 3.8) is 0 Å². The molecule has 9 heteroatoms. The first kappa shape index (κ1) is 31.2. The first-order valence-corrected chi connectivity index (χ1v) is 15.2. The minimum atomic E-state index is -4.15. The fourth-order valence-corrected chi connectivity index (χ4v) is 6.23. The number of halogens is 1. The van der Waals surface area contributed by atoms with E-state index in [9.17, 15) is 18.0 Å². The molecule has 0 aliphatic carbocycles. The predicted molar refractivity (Wildman–Crippen MR) is 161 cm³/mol. The summed E-state index contributed by atoms with van der Waals surface area (Å²) in [4.78, 5) is 29.0. The van der Waals surface area contributed by atoms with Crippen molar-refractivity contribution < 1.29 is 18.0 Å². The lowest BCUT2D eigenvalue weighted by molar-refractivity contribution is -0.140. The molecule has 1 atom stereocenters. The summed E-state index contributed by atoms with van der Waals surface area (Å²) in [5.41, 5.74) is 3.70. The molecule has 0 saturated heterocycles. The van der Waals surface area contributed by atoms with Crippen LogP contribution < -0.4 is 9.62 Å². The lowest BCUT2D eigenvalue weighted by atomic mass is 10.1. The molecule has 2 amide bonds. The van der Waals surface area contributed by atoms with Crippen LogP contribution in [0.25, 0.3) is 0 Å². The van der Waals surface area contributed by atoms with Gasteiger partial charge in [-0.1, -0.05) is 60.5 Å². The molecule has 0 spiro atoms. The summed E-state index contributed by atoms with van der Waals surface area (Å²) in [5.74, 6) is -0.769. The summed E-state index contributed by atoms with van der Waals surface area (Å²) in [6.07, 6.45) is 0.362. The molecule has 3 aromatic rings. The van der Waals surface area contributed by atoms with Crippen LogP contribution in [0.2, 0.25) is 5.02 Å². The molecule has 0 fully saturated rings. The summed E-state index contributed by atoms with van der Waals surface area (Å²) in [5, 5.41) is 3.37. The maximum absolute atomic E-state index is 14.2. The number of nitrogens with one attached hydrogen (secondary N) is 1. The van der Waals surface area contributed by atoms with Crippen LogP contribution in [-0.2, 0) is 26.2 Å². The number of rotatable bonds is 11. The Bertz CT molecular complexity index is 1460. The summed E-state index contributed by atoms with van der Waals surface area (Å²) >= 11 is 6.18. The lowest BCUT2D eigenvalue weighted by Crippen LogP contribution is -2.53. The first-order valence-electron chi connectivity index (χ1n) is 13.3. The van der Waals surface area contributed by atoms with E-state index in [1.165, 1.54) is 17.0 Å². The van der Waals surface area contributed by atoms with E-state index in [-0.39, 0.29) is 23.4 Å². The summed E-state index contributed by atoms with van der Waals surface area (Å²) in [6, 6.07) is 18.1. The SMILES string of the molecule is CCC(C(=O)NC(C)C)N(Cc1ccccc1C)C(=O)CN(c1ccc(Cl)cc1C)S(=O)(=O)c1ccc(C)cc1. The maximum Gasteiger partial charge on any atom is 0.264 e. The van der Waals surface area contributed by atoms with E-state index in [0.717, 1.165) is 21.0 Å². The second kappa shape index (κ2) is 13.3. The average Bonchev–Trinajstić information content (AvgIpc) is 2.88. The van der Waals surface area contributed by atoms with Crippen LogP contribution in [0.15, 0.2) is 71.6 Å². The summed E-state index contributed by atoms with van der Waals surface area (Å²) < 4.78 is 29.1. The van der Waals surface area contributed by atoms with Gasteiger partial charge in [0.1, 0.15) is 12.6 Å². The van der Waals surface area contributed by atoms with Crippen molar-refractivity contribution >= 4 is 39.1 Å². The van der Waals surface area contributed by atoms with Gasteiger partial charge in [0.05, 0.1) is 10.6 Å². The predicted octanol–water partition coefficient (Wildman–Crippen LogP) is 5.79. The van der Waals surface area contributed by atoms with Gasteiger partial charge in [0, 0.05) is 17.6 Å². The molecule has 3 aromatic carbocycles. The second-order valence-electron chi connectivity index (χ2n) is 10.3. The van der Waals surface area contributed by atoms with E-state index in [4.69, 9.17) is 11.6 Å². The Kier molecular flexibility index (Phi) is 10.4. The lowest BCUT2D eigenvalue weighted by Gasteiger charge is -2.34. The van der Waals surface area contributed by atoms with Crippen LogP contribution in [0.4, 0.5) is 5.69 Å². The Morgan fingerprint density at radius 1 is 0.925 bits per heavy atom. The monoisotopic (exact) mass is 583 g/mol. The molecule has 0 aliphatic heterocycles. The summed E-state index contributed by atoms with van der Waals surface area (Å²) in [7, 11) is -4.15. The Hall–Kier alpha value is -3.36. The zero-order valence-corrected chi connectivity index (χ0v) is 25.5. The van der Waals surface area contributed by atoms with Crippen LogP contribution in [0.5, 0.6) is 0 Å². The van der Waals surface area contributed by atoms with Crippen molar-refractivity contribution in [2.24, 2.45) is 0 Å². The van der Waals surface area contributed by atoms with Crippen LogP contribution in [-0.4, -0.2) is 43.8 Å². The number of hydrogen-bond donors (Lipinski definition) is 1. The fraction of sp³-hybridized carbons (Fsp3) is 0.355. The zero-order valence-electron chi connectivity index (χ0n) is 23.9. The number of amides is 2. The minimum Gasteiger partial charge on any atom is -0.352 e. The zero-order chi connectivity index (χ0) is 29.6. The second-order valence-corrected chi connectivity index (χ2v) is 12.6. The molecule has 7 nitrogen and oxygen atoms in total. The van der Waals surface area contributed by atoms with Gasteiger partial charge in [-0.3, -0.25) is 13.9 Å². The highest BCUT2D eigenvalue weighted by Crippen LogP contribution is 2.30. The van der Waals surface area contributed by atoms with Crippen LogP contribution in [0.3, 0.4) is 0 Å². The van der Waals surface area contributed by atoms with Crippen molar-refractivity contribution in [3.8, 4) is 0 Å². The molecule has 3 rings (SSSR count). The van der Waals surface area contributed by atoms with E-state index >= 15 is 0 Å². The molecule has 214 valence electrons. The normalized spacial score (nSPS) is 12.2. The van der Waals surface area contributed by atoms with E-state index in [2.05, 4.69) is 5.32 Å². The number of anilines is 1. The minimum absolute atomic E-state index is 0.0651. The fourth-order valence-electron chi connectivity index (χ4n) is 4.52. The molecular weight excluding hydrogens is 546 g/mol. The first-order chi connectivity index (χ1) is 18.8. The van der Waals surface area contributed by atoms with Crippen molar-refractivity contribution in [3.05, 3.63) is 94.0 Å². The number of carbonyl (C=O) groups is 2. The third-order valence-corrected chi connectivity index (χ3v) is 8.74. The number of hydrogen-bond acceptors (Lipinski definition) is 4. The maximum atomic E-state index is 14.2. The Morgan fingerprint density at radius 2 is 1.57 bits per heavy atom. The Morgan fingerprint density at radius 3 is 2.15 bits per heavy atom. The van der Waals surface area contributed by atoms with Crippen LogP contribution >= 0.6 is 11.6 Å². The van der Waals surface area contributed by atoms with Gasteiger partial charge in [0.2, 0.25) is 11.8 Å². The van der Waals surface area contributed by atoms with Gasteiger partial charge >= 0.3 is 0 Å². The Balaban J connectivity index is 2.11. The van der Waals surface area contributed by atoms with E-state index in [1.54, 1.807) is 37.3 Å². The molecule has 1 N–H and O–H groups in total. The van der Waals surface area contributed by atoms with Gasteiger partial charge in [-0.2, -0.15) is 0 Å². The largest absolute Gasteiger partial charge is 0.352 e. The van der Waals surface area contributed by atoms with E-state index < -0.39 is 28.5 Å². The van der Waals surface area contributed by atoms with Crippen molar-refractivity contribution in [2.45, 2.75) is 71.5 Å². The Labute approximate surface area is 243 Å². The number of carbonyl (C=O) groups excluding carboxylic acids is 2. The molecule has 0 aromatic heterocycles. The number of aryl methyl sites for hydroxylation is 3. The third kappa shape index (κ3) is 7.43. The average molecular weight is 584 g/mol. The number of sulfonamides is 1. The smallest absolute Gasteiger partial charge is 0.264 e. The highest BCUT2D eigenvalue weighted by Gasteiger charge is 2.34. The summed E-state index contributed by atoms with van der Waals surface area (Å²) in [6.45, 7) is 10.8. The van der Waals surface area contributed by atoms with E-state index in [1.807, 2.05) is 58.9 Å². The quantitative estimate of drug-likeness (QED) is 0.309. The van der Waals surface area contributed by atoms with Crippen molar-refractivity contribution in [2.75, 3.05) is 10.8 Å². The molecule has 40 heavy (non-hydrogen) atoms. The topological polar surface area (TPSA) is 86.8 Å². The molecule has 1 unspecified atom stereocenters. The number of benzene rings is 3. The molecule has 0 saturated carbocycles. The standard InChI is InChI=1S/C31H38ClN3O4S/c1-7-28(31(37)33-21(2)3)34(19-25-11-9-8-10-23(25)5)30(36)20-35(29-17-14-26(32)18-24(29)6)40(38,39)27-15-12-22(4)13-16-27/h8-18,21,28H,7,19-20H2,1-6H3,(H,33,37). The molecule has 0 radical (unpaired) electrons. The van der Waals surface area contributed by atoms with E-state index in [0.29, 0.717) is 22.7 Å². The van der Waals surface area contributed by atoms with Gasteiger partial charge in [-0.05, 0) is 88.1 Å². The molecule has 0 heterocycles. The third-order valence-electron chi connectivity index (χ3n) is 6.73. The van der Waals surface area contributed by atoms with Crippen molar-refractivity contribution in [1.82, 2.24) is 10.2 Å². The van der Waals surface area contributed by atoms with Gasteiger partial charge < -0.3 is 10.2 Å². The molecule has 0 bridgehead atoms. The molecular formula is C31H38ClN3O4S. The van der Waals surface area contributed by atoms with Gasteiger partial charge in [0.25, 0.3) is 10.0 Å². The highest BCUT2D eigenvalue weighted by atomic mass is 35.5. The van der Waals surface area contributed by atoms with Crippen LogP contribution in [0.1, 0.15) is 49.4 Å². The highest BCUT2D eigenvalue weighted by molar-refractivity contribution is 7.92. The van der Waals surface area contributed by atoms with Gasteiger partial charge in [-0.25, -0.2) is 8.42 Å². The van der Waals surface area contributed by atoms with Crippen LogP contribution in [0, 0.1) is 20.8 Å².